The van der Waals surface area contributed by atoms with Crippen LogP contribution in [-0.2, 0) is 14.8 Å². The van der Waals surface area contributed by atoms with Crippen LogP contribution in [0.4, 0.5) is 5.69 Å². The van der Waals surface area contributed by atoms with Crippen LogP contribution in [0.3, 0.4) is 0 Å². The molecule has 4 N–H and O–H groups in total. The van der Waals surface area contributed by atoms with Crippen molar-refractivity contribution in [2.24, 2.45) is 5.73 Å². The van der Waals surface area contributed by atoms with E-state index in [1.165, 1.54) is 12.1 Å². The lowest BCUT2D eigenvalue weighted by Gasteiger charge is -2.20. The first-order chi connectivity index (χ1) is 12.0. The summed E-state index contributed by atoms with van der Waals surface area (Å²) in [6.07, 6.45) is 0. The highest BCUT2D eigenvalue weighted by atomic mass is 32.2. The van der Waals surface area contributed by atoms with Crippen molar-refractivity contribution in [1.82, 2.24) is 4.72 Å². The summed E-state index contributed by atoms with van der Waals surface area (Å²) in [6.45, 7) is 7.23. The first-order valence-corrected chi connectivity index (χ1v) is 9.73. The molecule has 26 heavy (non-hydrogen) atoms. The van der Waals surface area contributed by atoms with Crippen molar-refractivity contribution in [3.63, 3.8) is 0 Å². The third-order valence-corrected chi connectivity index (χ3v) is 5.33. The highest BCUT2D eigenvalue weighted by Crippen LogP contribution is 2.19. The van der Waals surface area contributed by atoms with Gasteiger partial charge in [0.1, 0.15) is 6.04 Å². The van der Waals surface area contributed by atoms with E-state index < -0.39 is 27.5 Å². The zero-order valence-corrected chi connectivity index (χ0v) is 16.2. The number of benzene rings is 2. The molecule has 0 heterocycles. The van der Waals surface area contributed by atoms with Gasteiger partial charge in [0.15, 0.2) is 0 Å². The SMILES string of the molecule is Cc1ccc(C(N)C(=O)Nc2cccc(S(=O)(=O)NC(C)(C)C)c2)cc1. The number of aryl methyl sites for hydroxylation is 1. The number of sulfonamides is 1. The van der Waals surface area contributed by atoms with Crippen LogP contribution in [0.2, 0.25) is 0 Å². The molecule has 0 aliphatic rings. The molecule has 0 aliphatic heterocycles. The zero-order valence-electron chi connectivity index (χ0n) is 15.4. The Morgan fingerprint density at radius 2 is 1.69 bits per heavy atom. The highest BCUT2D eigenvalue weighted by molar-refractivity contribution is 7.89. The molecule has 140 valence electrons. The van der Waals surface area contributed by atoms with E-state index in [1.54, 1.807) is 45.0 Å². The Labute approximate surface area is 154 Å². The van der Waals surface area contributed by atoms with Gasteiger partial charge in [-0.15, -0.1) is 0 Å². The van der Waals surface area contributed by atoms with Crippen LogP contribution in [0.25, 0.3) is 0 Å². The van der Waals surface area contributed by atoms with Gasteiger partial charge in [0.25, 0.3) is 0 Å². The lowest BCUT2D eigenvalue weighted by Crippen LogP contribution is -2.40. The maximum absolute atomic E-state index is 12.4. The van der Waals surface area contributed by atoms with E-state index >= 15 is 0 Å². The van der Waals surface area contributed by atoms with Crippen LogP contribution in [-0.4, -0.2) is 19.9 Å². The summed E-state index contributed by atoms with van der Waals surface area (Å²) in [5.41, 5.74) is 7.53. The molecule has 1 atom stereocenters. The quantitative estimate of drug-likeness (QED) is 0.748. The molecule has 1 unspecified atom stereocenters. The van der Waals surface area contributed by atoms with Crippen LogP contribution < -0.4 is 15.8 Å². The van der Waals surface area contributed by atoms with Gasteiger partial charge in [-0.2, -0.15) is 0 Å². The number of amides is 1. The standard InChI is InChI=1S/C19H25N3O3S/c1-13-8-10-14(11-9-13)17(20)18(23)21-15-6-5-7-16(12-15)26(24,25)22-19(2,3)4/h5-12,17,22H,20H2,1-4H3,(H,21,23). The fourth-order valence-corrected chi connectivity index (χ4v) is 3.81. The van der Waals surface area contributed by atoms with Gasteiger partial charge in [-0.25, -0.2) is 13.1 Å². The summed E-state index contributed by atoms with van der Waals surface area (Å²) >= 11 is 0. The third-order valence-electron chi connectivity index (χ3n) is 3.57. The van der Waals surface area contributed by atoms with E-state index in [0.29, 0.717) is 11.3 Å². The molecule has 2 rings (SSSR count). The molecule has 2 aromatic rings. The molecular weight excluding hydrogens is 350 g/mol. The molecule has 0 fully saturated rings. The summed E-state index contributed by atoms with van der Waals surface area (Å²) in [7, 11) is -3.69. The number of nitrogens with one attached hydrogen (secondary N) is 2. The van der Waals surface area contributed by atoms with Crippen LogP contribution in [0.1, 0.15) is 37.9 Å². The topological polar surface area (TPSA) is 101 Å². The minimum atomic E-state index is -3.69. The Morgan fingerprint density at radius 1 is 1.08 bits per heavy atom. The average molecular weight is 375 g/mol. The maximum Gasteiger partial charge on any atom is 0.245 e. The van der Waals surface area contributed by atoms with E-state index in [1.807, 2.05) is 19.1 Å². The van der Waals surface area contributed by atoms with E-state index in [0.717, 1.165) is 5.56 Å². The summed E-state index contributed by atoms with van der Waals surface area (Å²) in [5.74, 6) is -0.410. The second-order valence-corrected chi connectivity index (χ2v) is 8.94. The summed E-state index contributed by atoms with van der Waals surface area (Å²) in [4.78, 5) is 12.5. The van der Waals surface area contributed by atoms with Gasteiger partial charge in [-0.05, 0) is 51.5 Å². The number of nitrogens with two attached hydrogens (primary N) is 1. The van der Waals surface area contributed by atoms with Crippen molar-refractivity contribution < 1.29 is 13.2 Å². The Kier molecular flexibility index (Phi) is 5.85. The minimum absolute atomic E-state index is 0.0779. The molecule has 6 nitrogen and oxygen atoms in total. The minimum Gasteiger partial charge on any atom is -0.324 e. The van der Waals surface area contributed by atoms with Crippen molar-refractivity contribution in [2.75, 3.05) is 5.32 Å². The smallest absolute Gasteiger partial charge is 0.245 e. The van der Waals surface area contributed by atoms with Crippen molar-refractivity contribution in [3.8, 4) is 0 Å². The van der Waals surface area contributed by atoms with Gasteiger partial charge < -0.3 is 11.1 Å². The van der Waals surface area contributed by atoms with Gasteiger partial charge in [-0.3, -0.25) is 4.79 Å². The lowest BCUT2D eigenvalue weighted by atomic mass is 10.1. The van der Waals surface area contributed by atoms with Gasteiger partial charge in [0.2, 0.25) is 15.9 Å². The summed E-state index contributed by atoms with van der Waals surface area (Å²) in [5, 5.41) is 2.67. The Balaban J connectivity index is 2.17. The molecule has 0 saturated carbocycles. The number of carbonyl (C=O) groups excluding carboxylic acids is 1. The molecule has 0 spiro atoms. The highest BCUT2D eigenvalue weighted by Gasteiger charge is 2.22. The van der Waals surface area contributed by atoms with Gasteiger partial charge in [-0.1, -0.05) is 35.9 Å². The largest absolute Gasteiger partial charge is 0.324 e. The molecule has 0 aromatic heterocycles. The molecule has 0 saturated heterocycles. The predicted molar refractivity (Wildman–Crippen MR) is 103 cm³/mol. The number of hydrogen-bond donors (Lipinski definition) is 3. The van der Waals surface area contributed by atoms with Crippen molar-refractivity contribution >= 4 is 21.6 Å². The fourth-order valence-electron chi connectivity index (χ4n) is 2.35. The molecule has 7 heteroatoms. The van der Waals surface area contributed by atoms with Crippen LogP contribution in [0.15, 0.2) is 53.4 Å². The third kappa shape index (κ3) is 5.39. The Bertz CT molecular complexity index is 885. The molecule has 2 aromatic carbocycles. The zero-order chi connectivity index (χ0) is 19.5. The van der Waals surface area contributed by atoms with E-state index in [2.05, 4.69) is 10.0 Å². The van der Waals surface area contributed by atoms with Crippen LogP contribution in [0.5, 0.6) is 0 Å². The number of anilines is 1. The lowest BCUT2D eigenvalue weighted by molar-refractivity contribution is -0.117. The monoisotopic (exact) mass is 375 g/mol. The van der Waals surface area contributed by atoms with E-state index in [4.69, 9.17) is 5.73 Å². The summed E-state index contributed by atoms with van der Waals surface area (Å²) < 4.78 is 27.4. The molecule has 0 aliphatic carbocycles. The average Bonchev–Trinajstić information content (AvgIpc) is 2.53. The van der Waals surface area contributed by atoms with Gasteiger partial charge in [0.05, 0.1) is 4.90 Å². The number of carbonyl (C=O) groups is 1. The molecule has 1 amide bonds. The maximum atomic E-state index is 12.4. The number of rotatable bonds is 5. The second kappa shape index (κ2) is 7.57. The van der Waals surface area contributed by atoms with Crippen molar-refractivity contribution in [3.05, 3.63) is 59.7 Å². The molecule has 0 bridgehead atoms. The van der Waals surface area contributed by atoms with E-state index in [-0.39, 0.29) is 4.90 Å². The van der Waals surface area contributed by atoms with Crippen molar-refractivity contribution in [2.45, 2.75) is 44.2 Å². The first-order valence-electron chi connectivity index (χ1n) is 8.25. The van der Waals surface area contributed by atoms with E-state index in [9.17, 15) is 13.2 Å². The Morgan fingerprint density at radius 3 is 2.27 bits per heavy atom. The van der Waals surface area contributed by atoms with Gasteiger partial charge >= 0.3 is 0 Å². The predicted octanol–water partition coefficient (Wildman–Crippen LogP) is 2.71. The molecular formula is C19H25N3O3S. The summed E-state index contributed by atoms with van der Waals surface area (Å²) in [6, 6.07) is 12.6. The molecule has 0 radical (unpaired) electrons. The Hall–Kier alpha value is -2.22. The number of hydrogen-bond acceptors (Lipinski definition) is 4. The van der Waals surface area contributed by atoms with Crippen molar-refractivity contribution in [1.29, 1.82) is 0 Å². The normalized spacial score (nSPS) is 13.3. The second-order valence-electron chi connectivity index (χ2n) is 7.26. The van der Waals surface area contributed by atoms with Crippen LogP contribution in [0, 0.1) is 6.92 Å². The first kappa shape index (κ1) is 20.1. The van der Waals surface area contributed by atoms with Crippen LogP contribution >= 0.6 is 0 Å². The fraction of sp³-hybridized carbons (Fsp3) is 0.316. The van der Waals surface area contributed by atoms with Gasteiger partial charge in [0, 0.05) is 11.2 Å².